The molecule has 1 aromatic carbocycles. The Morgan fingerprint density at radius 2 is 2.00 bits per heavy atom. The molecule has 1 aliphatic heterocycles. The summed E-state index contributed by atoms with van der Waals surface area (Å²) in [5.41, 5.74) is 2.46. The Kier molecular flexibility index (Phi) is 2.46. The molecule has 0 N–H and O–H groups in total. The second-order valence-corrected chi connectivity index (χ2v) is 4.12. The minimum atomic E-state index is 0.382. The molecule has 0 aliphatic carbocycles. The summed E-state index contributed by atoms with van der Waals surface area (Å²) >= 11 is 5.84. The van der Waals surface area contributed by atoms with Crippen molar-refractivity contribution in [2.24, 2.45) is 5.10 Å². The van der Waals surface area contributed by atoms with E-state index < -0.39 is 0 Å². The Labute approximate surface area is 89.2 Å². The van der Waals surface area contributed by atoms with Crippen molar-refractivity contribution in [3.8, 4) is 0 Å². The van der Waals surface area contributed by atoms with Crippen LogP contribution in [0.4, 0.5) is 0 Å². The lowest BCUT2D eigenvalue weighted by Crippen LogP contribution is -2.13. The summed E-state index contributed by atoms with van der Waals surface area (Å²) in [5.74, 6) is 0. The van der Waals surface area contributed by atoms with E-state index in [0.29, 0.717) is 6.04 Å². The minimum Gasteiger partial charge on any atom is -0.292 e. The molecule has 1 aromatic rings. The van der Waals surface area contributed by atoms with Gasteiger partial charge in [0.1, 0.15) is 0 Å². The van der Waals surface area contributed by atoms with Crippen LogP contribution in [-0.4, -0.2) is 17.8 Å². The first-order valence-corrected chi connectivity index (χ1v) is 5.07. The maximum absolute atomic E-state index is 5.84. The molecule has 0 fully saturated rings. The molecule has 1 heterocycles. The Balaban J connectivity index is 2.21. The molecule has 2 nitrogen and oxygen atoms in total. The maximum Gasteiger partial charge on any atom is 0.0769 e. The predicted octanol–water partition coefficient (Wildman–Crippen LogP) is 3.09. The zero-order valence-corrected chi connectivity index (χ0v) is 9.12. The van der Waals surface area contributed by atoms with Crippen molar-refractivity contribution in [3.63, 3.8) is 0 Å². The normalized spacial score (nSPS) is 21.2. The average molecular weight is 209 g/mol. The number of hydrazone groups is 1. The molecule has 0 spiro atoms. The van der Waals surface area contributed by atoms with Crippen molar-refractivity contribution < 1.29 is 0 Å². The second-order valence-electron chi connectivity index (χ2n) is 3.68. The molecule has 0 saturated heterocycles. The highest BCUT2D eigenvalue weighted by atomic mass is 35.5. The van der Waals surface area contributed by atoms with Crippen LogP contribution >= 0.6 is 11.6 Å². The van der Waals surface area contributed by atoms with E-state index in [-0.39, 0.29) is 0 Å². The van der Waals surface area contributed by atoms with E-state index in [1.807, 2.05) is 24.2 Å². The summed E-state index contributed by atoms with van der Waals surface area (Å²) < 4.78 is 0. The van der Waals surface area contributed by atoms with Gasteiger partial charge in [0.15, 0.2) is 0 Å². The fourth-order valence-electron chi connectivity index (χ4n) is 1.81. The molecule has 0 saturated carbocycles. The summed E-state index contributed by atoms with van der Waals surface area (Å²) in [6.07, 6.45) is 1.01. The van der Waals surface area contributed by atoms with Crippen LogP contribution in [0.15, 0.2) is 29.4 Å². The Hall–Kier alpha value is -1.02. The number of halogens is 1. The molecule has 1 aliphatic rings. The summed E-state index contributed by atoms with van der Waals surface area (Å²) in [4.78, 5) is 0. The third-order valence-electron chi connectivity index (χ3n) is 2.52. The zero-order valence-electron chi connectivity index (χ0n) is 8.37. The van der Waals surface area contributed by atoms with E-state index in [4.69, 9.17) is 11.6 Å². The predicted molar refractivity (Wildman–Crippen MR) is 59.7 cm³/mol. The SMILES string of the molecule is CC1=NN(C)C(c2ccc(Cl)cc2)C1. The quantitative estimate of drug-likeness (QED) is 0.693. The molecule has 0 aromatic heterocycles. The van der Waals surface area contributed by atoms with Crippen LogP contribution in [0.3, 0.4) is 0 Å². The van der Waals surface area contributed by atoms with E-state index in [2.05, 4.69) is 24.2 Å². The summed E-state index contributed by atoms with van der Waals surface area (Å²) in [6, 6.07) is 8.37. The molecule has 3 heteroatoms. The largest absolute Gasteiger partial charge is 0.292 e. The Bertz CT molecular complexity index is 356. The van der Waals surface area contributed by atoms with Gasteiger partial charge in [-0.1, -0.05) is 23.7 Å². The number of benzene rings is 1. The fourth-order valence-corrected chi connectivity index (χ4v) is 1.94. The molecule has 74 valence electrons. The van der Waals surface area contributed by atoms with E-state index in [0.717, 1.165) is 11.4 Å². The van der Waals surface area contributed by atoms with Crippen LogP contribution in [0.5, 0.6) is 0 Å². The highest BCUT2D eigenvalue weighted by Gasteiger charge is 2.22. The van der Waals surface area contributed by atoms with Crippen LogP contribution in [0.25, 0.3) is 0 Å². The lowest BCUT2D eigenvalue weighted by molar-refractivity contribution is 0.290. The number of nitrogens with zero attached hydrogens (tertiary/aromatic N) is 2. The maximum atomic E-state index is 5.84. The lowest BCUT2D eigenvalue weighted by Gasteiger charge is -2.18. The Morgan fingerprint density at radius 1 is 1.36 bits per heavy atom. The van der Waals surface area contributed by atoms with Gasteiger partial charge in [0, 0.05) is 24.2 Å². The van der Waals surface area contributed by atoms with Crippen LogP contribution in [0.2, 0.25) is 5.02 Å². The third kappa shape index (κ3) is 1.75. The number of hydrogen-bond donors (Lipinski definition) is 0. The van der Waals surface area contributed by atoms with Crippen molar-refractivity contribution in [1.82, 2.24) is 5.01 Å². The van der Waals surface area contributed by atoms with Crippen LogP contribution in [0.1, 0.15) is 24.9 Å². The van der Waals surface area contributed by atoms with Gasteiger partial charge in [-0.2, -0.15) is 5.10 Å². The number of hydrogen-bond acceptors (Lipinski definition) is 2. The van der Waals surface area contributed by atoms with Crippen LogP contribution in [-0.2, 0) is 0 Å². The molecule has 1 unspecified atom stereocenters. The van der Waals surface area contributed by atoms with Crippen molar-refractivity contribution >= 4 is 17.3 Å². The molecule has 2 rings (SSSR count). The minimum absolute atomic E-state index is 0.382. The van der Waals surface area contributed by atoms with Gasteiger partial charge in [0.05, 0.1) is 6.04 Å². The van der Waals surface area contributed by atoms with Crippen molar-refractivity contribution in [1.29, 1.82) is 0 Å². The first-order chi connectivity index (χ1) is 6.66. The van der Waals surface area contributed by atoms with E-state index >= 15 is 0 Å². The monoisotopic (exact) mass is 208 g/mol. The first kappa shape index (κ1) is 9.53. The molecule has 0 radical (unpaired) electrons. The number of rotatable bonds is 1. The van der Waals surface area contributed by atoms with Crippen LogP contribution in [0, 0.1) is 0 Å². The van der Waals surface area contributed by atoms with Crippen LogP contribution < -0.4 is 0 Å². The van der Waals surface area contributed by atoms with Crippen molar-refractivity contribution in [2.75, 3.05) is 7.05 Å². The van der Waals surface area contributed by atoms with Gasteiger partial charge in [-0.15, -0.1) is 0 Å². The molecule has 0 amide bonds. The summed E-state index contributed by atoms with van der Waals surface area (Å²) in [6.45, 7) is 2.06. The molecule has 0 bridgehead atoms. The van der Waals surface area contributed by atoms with E-state index in [1.54, 1.807) is 0 Å². The van der Waals surface area contributed by atoms with Crippen molar-refractivity contribution in [2.45, 2.75) is 19.4 Å². The smallest absolute Gasteiger partial charge is 0.0769 e. The van der Waals surface area contributed by atoms with Gasteiger partial charge in [-0.05, 0) is 24.6 Å². The highest BCUT2D eigenvalue weighted by Crippen LogP contribution is 2.29. The zero-order chi connectivity index (χ0) is 10.1. The molecular weight excluding hydrogens is 196 g/mol. The standard InChI is InChI=1S/C11H13ClN2/c1-8-7-11(14(2)13-8)9-3-5-10(12)6-4-9/h3-6,11H,7H2,1-2H3. The second kappa shape index (κ2) is 3.62. The van der Waals surface area contributed by atoms with Gasteiger partial charge in [0.2, 0.25) is 0 Å². The van der Waals surface area contributed by atoms with Gasteiger partial charge >= 0.3 is 0 Å². The summed E-state index contributed by atoms with van der Waals surface area (Å²) in [5, 5.41) is 7.18. The molecule has 1 atom stereocenters. The molecular formula is C11H13ClN2. The Morgan fingerprint density at radius 3 is 2.50 bits per heavy atom. The van der Waals surface area contributed by atoms with Crippen molar-refractivity contribution in [3.05, 3.63) is 34.9 Å². The van der Waals surface area contributed by atoms with Gasteiger partial charge in [-0.3, -0.25) is 5.01 Å². The van der Waals surface area contributed by atoms with E-state index in [1.165, 1.54) is 11.3 Å². The van der Waals surface area contributed by atoms with Gasteiger partial charge in [-0.25, -0.2) is 0 Å². The molecule has 14 heavy (non-hydrogen) atoms. The lowest BCUT2D eigenvalue weighted by atomic mass is 10.0. The highest BCUT2D eigenvalue weighted by molar-refractivity contribution is 6.30. The average Bonchev–Trinajstić information content (AvgIpc) is 2.47. The van der Waals surface area contributed by atoms with Gasteiger partial charge in [0.25, 0.3) is 0 Å². The first-order valence-electron chi connectivity index (χ1n) is 4.69. The van der Waals surface area contributed by atoms with Gasteiger partial charge < -0.3 is 0 Å². The fraction of sp³-hybridized carbons (Fsp3) is 0.364. The topological polar surface area (TPSA) is 15.6 Å². The summed E-state index contributed by atoms with van der Waals surface area (Å²) in [7, 11) is 2.01. The van der Waals surface area contributed by atoms with E-state index in [9.17, 15) is 0 Å². The third-order valence-corrected chi connectivity index (χ3v) is 2.78.